The molecule has 22 heavy (non-hydrogen) atoms. The molecule has 4 rings (SSSR count). The van der Waals surface area contributed by atoms with Crippen LogP contribution < -0.4 is 4.74 Å². The Morgan fingerprint density at radius 2 is 1.86 bits per heavy atom. The first-order valence-corrected chi connectivity index (χ1v) is 7.22. The highest BCUT2D eigenvalue weighted by atomic mass is 35.5. The van der Waals surface area contributed by atoms with Gasteiger partial charge >= 0.3 is 0 Å². The second kappa shape index (κ2) is 5.00. The first-order valence-electron chi connectivity index (χ1n) is 6.84. The molecule has 0 radical (unpaired) electrons. The van der Waals surface area contributed by atoms with E-state index < -0.39 is 0 Å². The van der Waals surface area contributed by atoms with Gasteiger partial charge in [0.05, 0.1) is 29.2 Å². The molecule has 1 N–H and O–H groups in total. The zero-order valence-corrected chi connectivity index (χ0v) is 12.6. The number of para-hydroxylation sites is 2. The molecule has 0 aliphatic rings. The van der Waals surface area contributed by atoms with Gasteiger partial charge in [-0.15, -0.1) is 0 Å². The van der Waals surface area contributed by atoms with Gasteiger partial charge in [0.15, 0.2) is 0 Å². The summed E-state index contributed by atoms with van der Waals surface area (Å²) in [6, 6.07) is 15.5. The summed E-state index contributed by atoms with van der Waals surface area (Å²) in [5, 5.41) is 1.39. The van der Waals surface area contributed by atoms with Crippen LogP contribution in [-0.2, 0) is 0 Å². The molecule has 0 atom stereocenters. The van der Waals surface area contributed by atoms with Crippen molar-refractivity contribution >= 4 is 33.5 Å². The summed E-state index contributed by atoms with van der Waals surface area (Å²) in [5.41, 5.74) is 3.47. The lowest BCUT2D eigenvalue weighted by molar-refractivity contribution is 0.415. The van der Waals surface area contributed by atoms with Crippen LogP contribution in [0.4, 0.5) is 0 Å². The third kappa shape index (κ3) is 2.09. The van der Waals surface area contributed by atoms with Crippen molar-refractivity contribution in [1.82, 2.24) is 15.0 Å². The van der Waals surface area contributed by atoms with Gasteiger partial charge in [-0.1, -0.05) is 23.7 Å². The number of halogens is 1. The molecular weight excluding hydrogens is 298 g/mol. The molecule has 4 nitrogen and oxygen atoms in total. The lowest BCUT2D eigenvalue weighted by Gasteiger charge is -2.05. The van der Waals surface area contributed by atoms with Crippen LogP contribution in [0.2, 0.25) is 5.15 Å². The Morgan fingerprint density at radius 1 is 1.00 bits per heavy atom. The van der Waals surface area contributed by atoms with Gasteiger partial charge < -0.3 is 9.72 Å². The van der Waals surface area contributed by atoms with Crippen molar-refractivity contribution in [3.63, 3.8) is 0 Å². The van der Waals surface area contributed by atoms with Gasteiger partial charge in [0, 0.05) is 5.39 Å². The summed E-state index contributed by atoms with van der Waals surface area (Å²) in [6.07, 6.45) is 0. The molecule has 0 aliphatic carbocycles. The summed E-state index contributed by atoms with van der Waals surface area (Å²) in [6.45, 7) is 0. The third-order valence-electron chi connectivity index (χ3n) is 3.62. The van der Waals surface area contributed by atoms with E-state index in [-0.39, 0.29) is 0 Å². The number of methoxy groups -OCH3 is 1. The molecule has 2 aromatic heterocycles. The number of aromatic nitrogens is 3. The van der Waals surface area contributed by atoms with Crippen molar-refractivity contribution in [3.8, 4) is 17.1 Å². The second-order valence-electron chi connectivity index (χ2n) is 4.99. The Balaban J connectivity index is 1.94. The van der Waals surface area contributed by atoms with Crippen LogP contribution in [0, 0.1) is 0 Å². The van der Waals surface area contributed by atoms with E-state index in [9.17, 15) is 0 Å². The number of nitrogens with zero attached hydrogens (tertiary/aromatic N) is 2. The Hall–Kier alpha value is -2.59. The van der Waals surface area contributed by atoms with Gasteiger partial charge in [-0.05, 0) is 36.4 Å². The molecule has 0 fully saturated rings. The van der Waals surface area contributed by atoms with Crippen molar-refractivity contribution in [2.75, 3.05) is 7.11 Å². The molecule has 0 saturated carbocycles. The Morgan fingerprint density at radius 3 is 2.68 bits per heavy atom. The molecule has 5 heteroatoms. The number of fused-ring (bicyclic) bond motifs is 2. The summed E-state index contributed by atoms with van der Waals surface area (Å²) < 4.78 is 5.26. The second-order valence-corrected chi connectivity index (χ2v) is 5.35. The van der Waals surface area contributed by atoms with Crippen molar-refractivity contribution in [2.45, 2.75) is 0 Å². The first kappa shape index (κ1) is 13.1. The quantitative estimate of drug-likeness (QED) is 0.557. The van der Waals surface area contributed by atoms with Gasteiger partial charge in [0.25, 0.3) is 0 Å². The van der Waals surface area contributed by atoms with Crippen LogP contribution in [0.3, 0.4) is 0 Å². The average Bonchev–Trinajstić information content (AvgIpc) is 2.97. The van der Waals surface area contributed by atoms with E-state index in [0.717, 1.165) is 33.2 Å². The minimum atomic E-state index is 0.428. The van der Waals surface area contributed by atoms with Gasteiger partial charge in [0.1, 0.15) is 16.7 Å². The molecular formula is C17H12ClN3O. The van der Waals surface area contributed by atoms with Crippen LogP contribution in [0.1, 0.15) is 0 Å². The van der Waals surface area contributed by atoms with Crippen molar-refractivity contribution in [3.05, 3.63) is 53.7 Å². The van der Waals surface area contributed by atoms with Crippen molar-refractivity contribution in [2.24, 2.45) is 0 Å². The van der Waals surface area contributed by atoms with E-state index in [1.165, 1.54) is 0 Å². The maximum Gasteiger partial charge on any atom is 0.141 e. The molecule has 0 saturated heterocycles. The highest BCUT2D eigenvalue weighted by molar-refractivity contribution is 6.32. The predicted octanol–water partition coefficient (Wildman–Crippen LogP) is 4.44. The molecule has 2 aromatic carbocycles. The van der Waals surface area contributed by atoms with E-state index in [1.807, 2.05) is 48.5 Å². The monoisotopic (exact) mass is 309 g/mol. The largest absolute Gasteiger partial charge is 0.497 e. The SMILES string of the molecule is COc1ccc2nc(Cl)c(-c3nc4ccccc4[nH]3)cc2c1. The maximum atomic E-state index is 6.34. The smallest absolute Gasteiger partial charge is 0.141 e. The van der Waals surface area contributed by atoms with Crippen LogP contribution in [0.5, 0.6) is 5.75 Å². The van der Waals surface area contributed by atoms with Crippen molar-refractivity contribution in [1.29, 1.82) is 0 Å². The zero-order chi connectivity index (χ0) is 15.1. The number of benzene rings is 2. The summed E-state index contributed by atoms with van der Waals surface area (Å²) in [7, 11) is 1.64. The van der Waals surface area contributed by atoms with Gasteiger partial charge in [-0.2, -0.15) is 0 Å². The fourth-order valence-electron chi connectivity index (χ4n) is 2.50. The standard InChI is InChI=1S/C17H12ClN3O/c1-22-11-6-7-13-10(8-11)9-12(16(18)19-13)17-20-14-4-2-3-5-15(14)21-17/h2-9H,1H3,(H,20,21). The van der Waals surface area contributed by atoms with Gasteiger partial charge in [0.2, 0.25) is 0 Å². The molecule has 0 aliphatic heterocycles. The Bertz CT molecular complexity index is 961. The minimum absolute atomic E-state index is 0.428. The molecule has 0 unspecified atom stereocenters. The summed E-state index contributed by atoms with van der Waals surface area (Å²) >= 11 is 6.34. The number of H-pyrrole nitrogens is 1. The topological polar surface area (TPSA) is 50.8 Å². The van der Waals surface area contributed by atoms with Gasteiger partial charge in [-0.3, -0.25) is 0 Å². The van der Waals surface area contributed by atoms with Crippen LogP contribution in [0.15, 0.2) is 48.5 Å². The van der Waals surface area contributed by atoms with E-state index in [0.29, 0.717) is 11.0 Å². The number of aromatic amines is 1. The maximum absolute atomic E-state index is 6.34. The fourth-order valence-corrected chi connectivity index (χ4v) is 2.74. The van der Waals surface area contributed by atoms with E-state index >= 15 is 0 Å². The van der Waals surface area contributed by atoms with E-state index in [2.05, 4.69) is 15.0 Å². The average molecular weight is 310 g/mol. The number of hydrogen-bond acceptors (Lipinski definition) is 3. The third-order valence-corrected chi connectivity index (χ3v) is 3.91. The summed E-state index contributed by atoms with van der Waals surface area (Å²) in [5.74, 6) is 1.50. The van der Waals surface area contributed by atoms with E-state index in [4.69, 9.17) is 16.3 Å². The number of nitrogens with one attached hydrogen (secondary N) is 1. The van der Waals surface area contributed by atoms with E-state index in [1.54, 1.807) is 7.11 Å². The fraction of sp³-hybridized carbons (Fsp3) is 0.0588. The zero-order valence-electron chi connectivity index (χ0n) is 11.8. The number of pyridine rings is 1. The molecule has 4 aromatic rings. The lowest BCUT2D eigenvalue weighted by atomic mass is 10.1. The molecule has 0 bridgehead atoms. The minimum Gasteiger partial charge on any atom is -0.497 e. The molecule has 2 heterocycles. The highest BCUT2D eigenvalue weighted by Gasteiger charge is 2.12. The molecule has 0 amide bonds. The number of imidazole rings is 1. The van der Waals surface area contributed by atoms with Crippen LogP contribution in [0.25, 0.3) is 33.3 Å². The Labute approximate surface area is 131 Å². The van der Waals surface area contributed by atoms with Gasteiger partial charge in [-0.25, -0.2) is 9.97 Å². The van der Waals surface area contributed by atoms with Crippen LogP contribution >= 0.6 is 11.6 Å². The normalized spacial score (nSPS) is 11.2. The number of rotatable bonds is 2. The van der Waals surface area contributed by atoms with Crippen molar-refractivity contribution < 1.29 is 4.74 Å². The summed E-state index contributed by atoms with van der Waals surface area (Å²) in [4.78, 5) is 12.3. The Kier molecular flexibility index (Phi) is 2.98. The number of hydrogen-bond donors (Lipinski definition) is 1. The highest BCUT2D eigenvalue weighted by Crippen LogP contribution is 2.30. The molecule has 0 spiro atoms. The molecule has 108 valence electrons. The van der Waals surface area contributed by atoms with Crippen LogP contribution in [-0.4, -0.2) is 22.1 Å². The number of ether oxygens (including phenoxy) is 1. The predicted molar refractivity (Wildman–Crippen MR) is 88.4 cm³/mol. The first-order chi connectivity index (χ1) is 10.7. The lowest BCUT2D eigenvalue weighted by Crippen LogP contribution is -1.89.